The lowest BCUT2D eigenvalue weighted by atomic mass is 10.1. The molecule has 1 heterocycles. The normalized spacial score (nSPS) is 10.8. The van der Waals surface area contributed by atoms with Crippen LogP contribution in [-0.2, 0) is 0 Å². The number of hydrogen-bond acceptors (Lipinski definition) is 5. The number of aryl methyl sites for hydroxylation is 1. The number of nitro benzene ring substituents is 1. The maximum Gasteiger partial charge on any atom is 0.270 e. The van der Waals surface area contributed by atoms with Crippen LogP contribution in [0.3, 0.4) is 0 Å². The first-order valence-corrected chi connectivity index (χ1v) is 5.42. The molecule has 1 aromatic heterocycles. The Morgan fingerprint density at radius 1 is 1.42 bits per heavy atom. The maximum absolute atomic E-state index is 11.8. The molecule has 0 aliphatic carbocycles. The van der Waals surface area contributed by atoms with Crippen LogP contribution in [0, 0.1) is 17.0 Å². The summed E-state index contributed by atoms with van der Waals surface area (Å²) in [6.07, 6.45) is 2.81. The van der Waals surface area contributed by atoms with Gasteiger partial charge in [-0.2, -0.15) is 15.4 Å². The monoisotopic (exact) mass is 258 g/mol. The van der Waals surface area contributed by atoms with Gasteiger partial charge in [0.2, 0.25) is 5.78 Å². The van der Waals surface area contributed by atoms with Crippen molar-refractivity contribution in [1.82, 2.24) is 15.4 Å². The molecule has 7 heteroatoms. The highest BCUT2D eigenvalue weighted by Crippen LogP contribution is 2.14. The van der Waals surface area contributed by atoms with Crippen LogP contribution >= 0.6 is 0 Å². The molecule has 0 fully saturated rings. The molecule has 19 heavy (non-hydrogen) atoms. The van der Waals surface area contributed by atoms with E-state index in [2.05, 4.69) is 15.4 Å². The van der Waals surface area contributed by atoms with E-state index in [0.717, 1.165) is 0 Å². The summed E-state index contributed by atoms with van der Waals surface area (Å²) in [6.45, 7) is 1.66. The molecule has 0 unspecified atom stereocenters. The van der Waals surface area contributed by atoms with Crippen molar-refractivity contribution < 1.29 is 9.72 Å². The van der Waals surface area contributed by atoms with Crippen molar-refractivity contribution in [1.29, 1.82) is 0 Å². The maximum atomic E-state index is 11.8. The number of carbonyl (C=O) groups excluding carboxylic acids is 1. The first kappa shape index (κ1) is 12.6. The van der Waals surface area contributed by atoms with Gasteiger partial charge in [0.05, 0.1) is 10.6 Å². The van der Waals surface area contributed by atoms with E-state index in [-0.39, 0.29) is 17.2 Å². The summed E-state index contributed by atoms with van der Waals surface area (Å²) in [5, 5.41) is 20.5. The molecule has 2 rings (SSSR count). The third-order valence-corrected chi connectivity index (χ3v) is 2.46. The van der Waals surface area contributed by atoms with E-state index in [9.17, 15) is 14.9 Å². The fourth-order valence-corrected chi connectivity index (χ4v) is 1.51. The van der Waals surface area contributed by atoms with Crippen LogP contribution in [0.25, 0.3) is 6.08 Å². The summed E-state index contributed by atoms with van der Waals surface area (Å²) in [4.78, 5) is 21.9. The quantitative estimate of drug-likeness (QED) is 0.390. The van der Waals surface area contributed by atoms with Crippen LogP contribution in [0.5, 0.6) is 0 Å². The van der Waals surface area contributed by atoms with Crippen molar-refractivity contribution in [2.45, 2.75) is 6.92 Å². The molecule has 0 atom stereocenters. The molecule has 1 aromatic carbocycles. The molecule has 2 aromatic rings. The second-order valence-corrected chi connectivity index (χ2v) is 3.81. The van der Waals surface area contributed by atoms with Gasteiger partial charge in [0.15, 0.2) is 5.69 Å². The molecule has 0 bridgehead atoms. The summed E-state index contributed by atoms with van der Waals surface area (Å²) in [6, 6.07) is 6.01. The lowest BCUT2D eigenvalue weighted by molar-refractivity contribution is -0.384. The summed E-state index contributed by atoms with van der Waals surface area (Å²) in [5.41, 5.74) is 1.30. The molecule has 0 spiro atoms. The topological polar surface area (TPSA) is 102 Å². The molecule has 0 radical (unpaired) electrons. The fraction of sp³-hybridized carbons (Fsp3) is 0.0833. The van der Waals surface area contributed by atoms with Crippen molar-refractivity contribution in [3.63, 3.8) is 0 Å². The molecule has 0 saturated heterocycles. The van der Waals surface area contributed by atoms with E-state index >= 15 is 0 Å². The smallest absolute Gasteiger partial charge is 0.270 e. The van der Waals surface area contributed by atoms with Gasteiger partial charge in [-0.15, -0.1) is 0 Å². The van der Waals surface area contributed by atoms with E-state index in [1.54, 1.807) is 19.1 Å². The summed E-state index contributed by atoms with van der Waals surface area (Å²) in [7, 11) is 0. The average molecular weight is 258 g/mol. The number of nitrogens with one attached hydrogen (secondary N) is 1. The standard InChI is InChI=1S/C12H10N4O3/c1-8-12(14-15-13-8)11(17)6-5-9-3-2-4-10(7-9)16(18)19/h2-7H,1H3,(H,13,14,15)/b6-5+. The zero-order valence-corrected chi connectivity index (χ0v) is 10.0. The van der Waals surface area contributed by atoms with Gasteiger partial charge < -0.3 is 0 Å². The van der Waals surface area contributed by atoms with Gasteiger partial charge >= 0.3 is 0 Å². The van der Waals surface area contributed by atoms with Crippen LogP contribution in [0.4, 0.5) is 5.69 Å². The van der Waals surface area contributed by atoms with Gasteiger partial charge in [-0.25, -0.2) is 0 Å². The molecule has 0 aliphatic heterocycles. The Morgan fingerprint density at radius 2 is 2.21 bits per heavy atom. The van der Waals surface area contributed by atoms with Crippen LogP contribution in [0.2, 0.25) is 0 Å². The van der Waals surface area contributed by atoms with Crippen LogP contribution in [0.1, 0.15) is 21.7 Å². The minimum Gasteiger partial charge on any atom is -0.287 e. The predicted octanol–water partition coefficient (Wildman–Crippen LogP) is 1.92. The van der Waals surface area contributed by atoms with Gasteiger partial charge in [0.25, 0.3) is 5.69 Å². The Balaban J connectivity index is 2.19. The molecule has 1 N–H and O–H groups in total. The second kappa shape index (κ2) is 5.21. The molecular formula is C12H10N4O3. The van der Waals surface area contributed by atoms with Gasteiger partial charge in [-0.1, -0.05) is 18.2 Å². The number of hydrogen-bond donors (Lipinski definition) is 1. The number of nitrogens with zero attached hydrogens (tertiary/aromatic N) is 3. The van der Waals surface area contributed by atoms with E-state index in [1.807, 2.05) is 0 Å². The number of aromatic amines is 1. The molecule has 7 nitrogen and oxygen atoms in total. The van der Waals surface area contributed by atoms with E-state index in [1.165, 1.54) is 24.3 Å². The van der Waals surface area contributed by atoms with Gasteiger partial charge in [-0.3, -0.25) is 14.9 Å². The molecular weight excluding hydrogens is 248 g/mol. The van der Waals surface area contributed by atoms with Crippen molar-refractivity contribution in [2.75, 3.05) is 0 Å². The summed E-state index contributed by atoms with van der Waals surface area (Å²) in [5.74, 6) is -0.308. The second-order valence-electron chi connectivity index (χ2n) is 3.81. The third kappa shape index (κ3) is 2.89. The molecule has 96 valence electrons. The number of non-ortho nitro benzene ring substituents is 1. The fourth-order valence-electron chi connectivity index (χ4n) is 1.51. The lowest BCUT2D eigenvalue weighted by Gasteiger charge is -1.94. The number of aromatic nitrogens is 3. The third-order valence-electron chi connectivity index (χ3n) is 2.46. The van der Waals surface area contributed by atoms with Gasteiger partial charge in [0, 0.05) is 12.1 Å². The summed E-state index contributed by atoms with van der Waals surface area (Å²) < 4.78 is 0. The Hall–Kier alpha value is -2.83. The minimum atomic E-state index is -0.485. The highest BCUT2D eigenvalue weighted by atomic mass is 16.6. The van der Waals surface area contributed by atoms with E-state index < -0.39 is 4.92 Å². The van der Waals surface area contributed by atoms with Crippen molar-refractivity contribution in [3.8, 4) is 0 Å². The number of nitro groups is 1. The highest BCUT2D eigenvalue weighted by Gasteiger charge is 2.10. The van der Waals surface area contributed by atoms with E-state index in [4.69, 9.17) is 0 Å². The van der Waals surface area contributed by atoms with Crippen LogP contribution in [-0.4, -0.2) is 26.1 Å². The first-order chi connectivity index (χ1) is 9.08. The molecule has 0 saturated carbocycles. The minimum absolute atomic E-state index is 0.0211. The van der Waals surface area contributed by atoms with Crippen molar-refractivity contribution >= 4 is 17.5 Å². The van der Waals surface area contributed by atoms with Crippen molar-refractivity contribution in [3.05, 3.63) is 57.4 Å². The molecule has 0 amide bonds. The van der Waals surface area contributed by atoms with Crippen LogP contribution in [0.15, 0.2) is 30.3 Å². The average Bonchev–Trinajstić information content (AvgIpc) is 2.82. The summed E-state index contributed by atoms with van der Waals surface area (Å²) >= 11 is 0. The SMILES string of the molecule is Cc1n[nH]nc1C(=O)/C=C/c1cccc([N+](=O)[O-])c1. The number of allylic oxidation sites excluding steroid dienone is 1. The van der Waals surface area contributed by atoms with E-state index in [0.29, 0.717) is 11.3 Å². The Morgan fingerprint density at radius 3 is 2.84 bits per heavy atom. The number of ketones is 1. The molecule has 0 aliphatic rings. The first-order valence-electron chi connectivity index (χ1n) is 5.42. The van der Waals surface area contributed by atoms with Crippen LogP contribution < -0.4 is 0 Å². The van der Waals surface area contributed by atoms with Crippen molar-refractivity contribution in [2.24, 2.45) is 0 Å². The zero-order chi connectivity index (χ0) is 13.8. The Bertz CT molecular complexity index is 660. The Labute approximate surface area is 108 Å². The van der Waals surface area contributed by atoms with Gasteiger partial charge in [-0.05, 0) is 18.6 Å². The number of H-pyrrole nitrogens is 1. The largest absolute Gasteiger partial charge is 0.287 e. The van der Waals surface area contributed by atoms with Gasteiger partial charge in [0.1, 0.15) is 0 Å². The predicted molar refractivity (Wildman–Crippen MR) is 67.6 cm³/mol. The highest BCUT2D eigenvalue weighted by molar-refractivity contribution is 6.06. The number of rotatable bonds is 4. The number of carbonyl (C=O) groups is 1. The lowest BCUT2D eigenvalue weighted by Crippen LogP contribution is -1.97. The zero-order valence-electron chi connectivity index (χ0n) is 10.0. The number of benzene rings is 1. The Kier molecular flexibility index (Phi) is 3.46.